The summed E-state index contributed by atoms with van der Waals surface area (Å²) in [6, 6.07) is 4.76. The number of benzene rings is 1. The fourth-order valence-corrected chi connectivity index (χ4v) is 3.96. The summed E-state index contributed by atoms with van der Waals surface area (Å²) in [5.74, 6) is 0. The van der Waals surface area contributed by atoms with E-state index in [-0.39, 0.29) is 23.2 Å². The van der Waals surface area contributed by atoms with Crippen molar-refractivity contribution < 1.29 is 13.2 Å². The molecule has 5 nitrogen and oxygen atoms in total. The van der Waals surface area contributed by atoms with E-state index in [1.54, 1.807) is 12.1 Å². The van der Waals surface area contributed by atoms with Gasteiger partial charge in [-0.05, 0) is 31.0 Å². The third-order valence-electron chi connectivity index (χ3n) is 3.32. The Morgan fingerprint density at radius 2 is 2.05 bits per heavy atom. The molecule has 0 unspecified atom stereocenters. The summed E-state index contributed by atoms with van der Waals surface area (Å²) in [7, 11) is -3.59. The highest BCUT2D eigenvalue weighted by Gasteiger charge is 2.18. The van der Waals surface area contributed by atoms with Crippen LogP contribution in [-0.2, 0) is 14.8 Å². The van der Waals surface area contributed by atoms with E-state index < -0.39 is 10.0 Å². The van der Waals surface area contributed by atoms with Gasteiger partial charge in [-0.1, -0.05) is 28.8 Å². The first-order valence-electron chi connectivity index (χ1n) is 6.65. The van der Waals surface area contributed by atoms with E-state index >= 15 is 0 Å². The van der Waals surface area contributed by atoms with Crippen molar-refractivity contribution in [3.05, 3.63) is 22.7 Å². The Hall–Kier alpha value is -0.630. The molecule has 1 aromatic carbocycles. The average molecular weight is 363 g/mol. The van der Waals surface area contributed by atoms with Crippen molar-refractivity contribution in [1.29, 1.82) is 0 Å². The van der Waals surface area contributed by atoms with Crippen LogP contribution in [0.3, 0.4) is 0 Å². The lowest BCUT2D eigenvalue weighted by Gasteiger charge is -2.12. The summed E-state index contributed by atoms with van der Waals surface area (Å²) in [4.78, 5) is 0.0905. The quantitative estimate of drug-likeness (QED) is 0.600. The summed E-state index contributed by atoms with van der Waals surface area (Å²) in [6.45, 7) is 0.641. The summed E-state index contributed by atoms with van der Waals surface area (Å²) in [5, 5.41) is 0. The van der Waals surface area contributed by atoms with E-state index in [0.29, 0.717) is 11.1 Å². The van der Waals surface area contributed by atoms with Crippen LogP contribution in [0.25, 0.3) is 0 Å². The van der Waals surface area contributed by atoms with E-state index in [1.165, 1.54) is 18.9 Å². The Morgan fingerprint density at radius 1 is 1.35 bits per heavy atom. The van der Waals surface area contributed by atoms with Gasteiger partial charge in [-0.25, -0.2) is 13.1 Å². The van der Waals surface area contributed by atoms with Gasteiger partial charge in [0, 0.05) is 11.0 Å². The van der Waals surface area contributed by atoms with Crippen molar-refractivity contribution in [2.75, 3.05) is 18.9 Å². The van der Waals surface area contributed by atoms with Gasteiger partial charge in [-0.2, -0.15) is 0 Å². The van der Waals surface area contributed by atoms with Gasteiger partial charge in [0.05, 0.1) is 18.4 Å². The lowest BCUT2D eigenvalue weighted by Crippen LogP contribution is -2.29. The predicted molar refractivity (Wildman–Crippen MR) is 82.0 cm³/mol. The fraction of sp³-hybridized carbons (Fsp3) is 0.538. The van der Waals surface area contributed by atoms with Gasteiger partial charge >= 0.3 is 0 Å². The molecule has 0 atom stereocenters. The molecule has 0 spiro atoms. The zero-order valence-corrected chi connectivity index (χ0v) is 13.5. The number of nitrogens with one attached hydrogen (secondary N) is 1. The Kier molecular flexibility index (Phi) is 5.42. The van der Waals surface area contributed by atoms with Gasteiger partial charge in [0.2, 0.25) is 10.0 Å². The maximum Gasteiger partial charge on any atom is 0.242 e. The average Bonchev–Trinajstić information content (AvgIpc) is 2.90. The van der Waals surface area contributed by atoms with E-state index in [0.717, 1.165) is 12.8 Å². The topological polar surface area (TPSA) is 81.4 Å². The summed E-state index contributed by atoms with van der Waals surface area (Å²) in [5.41, 5.74) is 5.94. The van der Waals surface area contributed by atoms with Gasteiger partial charge in [-0.15, -0.1) is 0 Å². The van der Waals surface area contributed by atoms with Gasteiger partial charge in [0.15, 0.2) is 0 Å². The third kappa shape index (κ3) is 4.18. The molecule has 0 heterocycles. The first-order chi connectivity index (χ1) is 9.49. The second kappa shape index (κ2) is 6.89. The molecule has 0 bridgehead atoms. The monoisotopic (exact) mass is 362 g/mol. The number of sulfonamides is 1. The molecule has 0 radical (unpaired) electrons. The second-order valence-corrected chi connectivity index (χ2v) is 7.51. The van der Waals surface area contributed by atoms with Crippen LogP contribution in [0.1, 0.15) is 25.7 Å². The predicted octanol–water partition coefficient (Wildman–Crippen LogP) is 2.27. The van der Waals surface area contributed by atoms with Crippen molar-refractivity contribution in [3.63, 3.8) is 0 Å². The number of hydrogen-bond donors (Lipinski definition) is 2. The fourth-order valence-electron chi connectivity index (χ4n) is 2.28. The molecular formula is C13H19BrN2O3S. The van der Waals surface area contributed by atoms with Crippen molar-refractivity contribution in [2.45, 2.75) is 36.7 Å². The molecule has 20 heavy (non-hydrogen) atoms. The van der Waals surface area contributed by atoms with Crippen LogP contribution in [0.15, 0.2) is 27.6 Å². The molecule has 1 saturated carbocycles. The van der Waals surface area contributed by atoms with Crippen LogP contribution in [-0.4, -0.2) is 27.7 Å². The maximum atomic E-state index is 12.1. The normalized spacial score (nSPS) is 16.6. The van der Waals surface area contributed by atoms with Crippen LogP contribution in [0.4, 0.5) is 5.69 Å². The van der Waals surface area contributed by atoms with Crippen molar-refractivity contribution in [1.82, 2.24) is 4.72 Å². The minimum absolute atomic E-state index is 0.0905. The van der Waals surface area contributed by atoms with E-state index in [1.807, 2.05) is 0 Å². The number of halogens is 1. The Labute approximate surface area is 128 Å². The molecule has 1 aliphatic carbocycles. The smallest absolute Gasteiger partial charge is 0.242 e. The van der Waals surface area contributed by atoms with Crippen molar-refractivity contribution >= 4 is 31.6 Å². The number of nitrogens with two attached hydrogens (primary N) is 1. The molecule has 2 rings (SSSR count). The molecular weight excluding hydrogens is 344 g/mol. The van der Waals surface area contributed by atoms with E-state index in [2.05, 4.69) is 20.7 Å². The molecule has 3 N–H and O–H groups in total. The van der Waals surface area contributed by atoms with Crippen molar-refractivity contribution in [2.24, 2.45) is 0 Å². The van der Waals surface area contributed by atoms with Gasteiger partial charge in [0.25, 0.3) is 0 Å². The van der Waals surface area contributed by atoms with Gasteiger partial charge in [0.1, 0.15) is 4.90 Å². The molecule has 0 aromatic heterocycles. The molecule has 1 aromatic rings. The van der Waals surface area contributed by atoms with Crippen LogP contribution < -0.4 is 10.5 Å². The van der Waals surface area contributed by atoms with E-state index in [9.17, 15) is 8.42 Å². The number of ether oxygens (including phenoxy) is 1. The standard InChI is InChI=1S/C13H19BrN2O3S/c14-10-5-6-12(15)13(9-10)20(17,18)16-7-8-19-11-3-1-2-4-11/h5-6,9,11,16H,1-4,7-8,15H2. The molecule has 0 saturated heterocycles. The summed E-state index contributed by atoms with van der Waals surface area (Å²) in [6.07, 6.45) is 4.84. The first-order valence-corrected chi connectivity index (χ1v) is 8.93. The lowest BCUT2D eigenvalue weighted by molar-refractivity contribution is 0.0626. The largest absolute Gasteiger partial charge is 0.398 e. The Bertz CT molecular complexity index is 557. The van der Waals surface area contributed by atoms with Gasteiger partial charge < -0.3 is 10.5 Å². The molecule has 112 valence electrons. The zero-order chi connectivity index (χ0) is 14.6. The number of anilines is 1. The number of nitrogen functional groups attached to an aromatic ring is 1. The maximum absolute atomic E-state index is 12.1. The highest BCUT2D eigenvalue weighted by atomic mass is 79.9. The molecule has 1 fully saturated rings. The Balaban J connectivity index is 1.88. The van der Waals surface area contributed by atoms with Crippen molar-refractivity contribution in [3.8, 4) is 0 Å². The zero-order valence-electron chi connectivity index (χ0n) is 11.1. The molecule has 0 aliphatic heterocycles. The molecule has 0 amide bonds. The number of rotatable bonds is 6. The minimum atomic E-state index is -3.59. The lowest BCUT2D eigenvalue weighted by atomic mass is 10.3. The minimum Gasteiger partial charge on any atom is -0.398 e. The van der Waals surface area contributed by atoms with Crippen LogP contribution in [0, 0.1) is 0 Å². The SMILES string of the molecule is Nc1ccc(Br)cc1S(=O)(=O)NCCOC1CCCC1. The first kappa shape index (κ1) is 15.8. The third-order valence-corrected chi connectivity index (χ3v) is 5.33. The summed E-state index contributed by atoms with van der Waals surface area (Å²) < 4.78 is 33.1. The highest BCUT2D eigenvalue weighted by Crippen LogP contribution is 2.23. The molecule has 1 aliphatic rings. The number of hydrogen-bond acceptors (Lipinski definition) is 4. The summed E-state index contributed by atoms with van der Waals surface area (Å²) >= 11 is 3.24. The van der Waals surface area contributed by atoms with Crippen LogP contribution in [0.2, 0.25) is 0 Å². The van der Waals surface area contributed by atoms with Crippen LogP contribution in [0.5, 0.6) is 0 Å². The Morgan fingerprint density at radius 3 is 2.75 bits per heavy atom. The second-order valence-electron chi connectivity index (χ2n) is 4.86. The van der Waals surface area contributed by atoms with Crippen LogP contribution >= 0.6 is 15.9 Å². The van der Waals surface area contributed by atoms with E-state index in [4.69, 9.17) is 10.5 Å². The van der Waals surface area contributed by atoms with Gasteiger partial charge in [-0.3, -0.25) is 0 Å². The highest BCUT2D eigenvalue weighted by molar-refractivity contribution is 9.10. The molecule has 7 heteroatoms.